The molecule has 2 heterocycles. The van der Waals surface area contributed by atoms with Crippen molar-refractivity contribution in [1.82, 2.24) is 9.97 Å². The fraction of sp³-hybridized carbons (Fsp3) is 0. The van der Waals surface area contributed by atoms with Gasteiger partial charge in [0.1, 0.15) is 10.0 Å². The lowest BCUT2D eigenvalue weighted by Crippen LogP contribution is -2.01. The third kappa shape index (κ3) is 4.34. The van der Waals surface area contributed by atoms with E-state index in [1.54, 1.807) is 5.38 Å². The zero-order chi connectivity index (χ0) is 15.1. The molecule has 106 valence electrons. The third-order valence-electron chi connectivity index (χ3n) is 1.84. The van der Waals surface area contributed by atoms with Gasteiger partial charge in [-0.3, -0.25) is 4.79 Å². The van der Waals surface area contributed by atoms with Crippen LogP contribution in [0, 0.1) is 0 Å². The van der Waals surface area contributed by atoms with E-state index in [4.69, 9.17) is 33.1 Å². The SMILES string of the molecule is NC=O.O=C(O)c1ccsc1Nc1nc(Cl)ncc1Cl. The number of anilines is 2. The first-order valence-electron chi connectivity index (χ1n) is 4.90. The number of aromatic carboxylic acids is 1. The molecule has 0 saturated carbocycles. The van der Waals surface area contributed by atoms with Crippen LogP contribution in [0.1, 0.15) is 10.4 Å². The van der Waals surface area contributed by atoms with Gasteiger partial charge in [-0.15, -0.1) is 11.3 Å². The van der Waals surface area contributed by atoms with Crippen LogP contribution in [0.15, 0.2) is 17.6 Å². The third-order valence-corrected chi connectivity index (χ3v) is 3.13. The number of halogens is 2. The number of carbonyl (C=O) groups is 2. The Morgan fingerprint density at radius 1 is 1.50 bits per heavy atom. The number of aromatic nitrogens is 2. The van der Waals surface area contributed by atoms with Gasteiger partial charge < -0.3 is 16.2 Å². The molecule has 0 bridgehead atoms. The Hall–Kier alpha value is -1.90. The highest BCUT2D eigenvalue weighted by Crippen LogP contribution is 2.29. The molecule has 1 amide bonds. The number of amides is 1. The lowest BCUT2D eigenvalue weighted by molar-refractivity contribution is -0.106. The van der Waals surface area contributed by atoms with E-state index >= 15 is 0 Å². The van der Waals surface area contributed by atoms with Crippen LogP contribution in [-0.4, -0.2) is 27.5 Å². The van der Waals surface area contributed by atoms with Gasteiger partial charge in [0.15, 0.2) is 5.82 Å². The number of carboxylic acid groups (broad SMARTS) is 1. The largest absolute Gasteiger partial charge is 0.478 e. The molecule has 0 unspecified atom stereocenters. The van der Waals surface area contributed by atoms with Crippen molar-refractivity contribution in [1.29, 1.82) is 0 Å². The van der Waals surface area contributed by atoms with Crippen LogP contribution in [0.3, 0.4) is 0 Å². The predicted octanol–water partition coefficient (Wildman–Crippen LogP) is 2.39. The van der Waals surface area contributed by atoms with Crippen LogP contribution in [-0.2, 0) is 4.79 Å². The van der Waals surface area contributed by atoms with E-state index in [1.807, 2.05) is 0 Å². The first-order chi connectivity index (χ1) is 9.49. The van der Waals surface area contributed by atoms with Gasteiger partial charge in [0, 0.05) is 0 Å². The zero-order valence-corrected chi connectivity index (χ0v) is 12.0. The lowest BCUT2D eigenvalue weighted by atomic mass is 10.3. The molecular formula is C10H8Cl2N4O3S. The molecular weight excluding hydrogens is 327 g/mol. The van der Waals surface area contributed by atoms with Crippen molar-refractivity contribution in [2.75, 3.05) is 5.32 Å². The van der Waals surface area contributed by atoms with Gasteiger partial charge in [-0.1, -0.05) is 11.6 Å². The number of thiophene rings is 1. The van der Waals surface area contributed by atoms with Gasteiger partial charge in [0.2, 0.25) is 11.7 Å². The Labute approximate surface area is 127 Å². The predicted molar refractivity (Wildman–Crippen MR) is 76.9 cm³/mol. The molecule has 0 atom stereocenters. The Bertz CT molecular complexity index is 620. The van der Waals surface area contributed by atoms with Gasteiger partial charge in [0.25, 0.3) is 0 Å². The number of carbonyl (C=O) groups excluding carboxylic acids is 1. The van der Waals surface area contributed by atoms with Crippen LogP contribution < -0.4 is 11.1 Å². The fourth-order valence-electron chi connectivity index (χ4n) is 1.12. The Morgan fingerprint density at radius 2 is 2.15 bits per heavy atom. The van der Waals surface area contributed by atoms with E-state index < -0.39 is 5.97 Å². The van der Waals surface area contributed by atoms with Gasteiger partial charge in [-0.25, -0.2) is 9.78 Å². The van der Waals surface area contributed by atoms with Crippen LogP contribution in [0.25, 0.3) is 0 Å². The van der Waals surface area contributed by atoms with E-state index in [0.29, 0.717) is 5.00 Å². The molecule has 0 aliphatic carbocycles. The summed E-state index contributed by atoms with van der Waals surface area (Å²) in [5.74, 6) is -0.748. The van der Waals surface area contributed by atoms with Crippen molar-refractivity contribution in [2.45, 2.75) is 0 Å². The number of nitrogens with one attached hydrogen (secondary N) is 1. The number of nitrogens with two attached hydrogens (primary N) is 1. The summed E-state index contributed by atoms with van der Waals surface area (Å²) in [7, 11) is 0. The summed E-state index contributed by atoms with van der Waals surface area (Å²) in [6, 6.07) is 1.49. The number of primary amides is 1. The topological polar surface area (TPSA) is 118 Å². The second kappa shape index (κ2) is 7.63. The maximum absolute atomic E-state index is 10.9. The second-order valence-electron chi connectivity index (χ2n) is 3.07. The molecule has 0 aromatic carbocycles. The Morgan fingerprint density at radius 3 is 2.75 bits per heavy atom. The lowest BCUT2D eigenvalue weighted by Gasteiger charge is -2.05. The van der Waals surface area contributed by atoms with Gasteiger partial charge in [0.05, 0.1) is 11.8 Å². The number of hydrogen-bond donors (Lipinski definition) is 3. The van der Waals surface area contributed by atoms with Crippen molar-refractivity contribution in [2.24, 2.45) is 5.73 Å². The zero-order valence-electron chi connectivity index (χ0n) is 9.71. The highest BCUT2D eigenvalue weighted by molar-refractivity contribution is 7.14. The van der Waals surface area contributed by atoms with Crippen molar-refractivity contribution >= 4 is 57.7 Å². The molecule has 0 aliphatic rings. The van der Waals surface area contributed by atoms with Gasteiger partial charge in [-0.05, 0) is 23.0 Å². The maximum Gasteiger partial charge on any atom is 0.338 e. The highest BCUT2D eigenvalue weighted by Gasteiger charge is 2.13. The first-order valence-corrected chi connectivity index (χ1v) is 6.54. The number of hydrogen-bond acceptors (Lipinski definition) is 6. The van der Waals surface area contributed by atoms with E-state index in [-0.39, 0.29) is 28.1 Å². The highest BCUT2D eigenvalue weighted by atomic mass is 35.5. The molecule has 0 saturated heterocycles. The molecule has 0 spiro atoms. The quantitative estimate of drug-likeness (QED) is 0.585. The van der Waals surface area contributed by atoms with Crippen LogP contribution in [0.4, 0.5) is 10.8 Å². The molecule has 10 heteroatoms. The Kier molecular flexibility index (Phi) is 6.16. The standard InChI is InChI=1S/C9H5Cl2N3O2S.CH3NO/c10-5-3-12-9(11)14-6(5)13-7-4(8(15)16)1-2-17-7;2-1-3/h1-3H,(H,15,16)(H,12,13,14);1H,(H2,2,3). The van der Waals surface area contributed by atoms with Gasteiger partial charge in [-0.2, -0.15) is 4.98 Å². The molecule has 0 fully saturated rings. The maximum atomic E-state index is 10.9. The minimum Gasteiger partial charge on any atom is -0.478 e. The average Bonchev–Trinajstić information content (AvgIpc) is 2.83. The summed E-state index contributed by atoms with van der Waals surface area (Å²) in [6.07, 6.45) is 1.59. The summed E-state index contributed by atoms with van der Waals surface area (Å²) >= 11 is 12.7. The summed E-state index contributed by atoms with van der Waals surface area (Å²) in [4.78, 5) is 27.1. The fourth-order valence-corrected chi connectivity index (χ4v) is 2.17. The van der Waals surface area contributed by atoms with Crippen LogP contribution >= 0.6 is 34.5 Å². The summed E-state index contributed by atoms with van der Waals surface area (Å²) in [5, 5.41) is 14.1. The number of nitrogens with zero attached hydrogens (tertiary/aromatic N) is 2. The molecule has 2 rings (SSSR count). The van der Waals surface area contributed by atoms with E-state index in [9.17, 15) is 4.79 Å². The second-order valence-corrected chi connectivity index (χ2v) is 4.73. The van der Waals surface area contributed by atoms with E-state index in [1.165, 1.54) is 23.6 Å². The monoisotopic (exact) mass is 334 g/mol. The minimum absolute atomic E-state index is 0.0327. The average molecular weight is 335 g/mol. The van der Waals surface area contributed by atoms with Crippen molar-refractivity contribution in [3.63, 3.8) is 0 Å². The summed E-state index contributed by atoms with van der Waals surface area (Å²) in [6.45, 7) is 0. The summed E-state index contributed by atoms with van der Waals surface area (Å²) in [5.41, 5.74) is 4.32. The van der Waals surface area contributed by atoms with Crippen molar-refractivity contribution < 1.29 is 14.7 Å². The summed E-state index contributed by atoms with van der Waals surface area (Å²) < 4.78 is 0. The minimum atomic E-state index is -1.02. The molecule has 0 radical (unpaired) electrons. The van der Waals surface area contributed by atoms with Crippen LogP contribution in [0.2, 0.25) is 10.3 Å². The molecule has 4 N–H and O–H groups in total. The Balaban J connectivity index is 0.000000612. The normalized spacial score (nSPS) is 9.30. The van der Waals surface area contributed by atoms with Crippen molar-refractivity contribution in [3.05, 3.63) is 33.5 Å². The number of rotatable bonds is 3. The molecule has 2 aromatic heterocycles. The molecule has 0 aliphatic heterocycles. The van der Waals surface area contributed by atoms with Crippen molar-refractivity contribution in [3.8, 4) is 0 Å². The molecule has 20 heavy (non-hydrogen) atoms. The van der Waals surface area contributed by atoms with E-state index in [0.717, 1.165) is 0 Å². The molecule has 2 aromatic rings. The molecule has 7 nitrogen and oxygen atoms in total. The number of carboxylic acids is 1. The smallest absolute Gasteiger partial charge is 0.338 e. The van der Waals surface area contributed by atoms with Crippen LogP contribution in [0.5, 0.6) is 0 Å². The van der Waals surface area contributed by atoms with E-state index in [2.05, 4.69) is 21.0 Å². The van der Waals surface area contributed by atoms with Gasteiger partial charge >= 0.3 is 5.97 Å². The first kappa shape index (κ1) is 16.2.